The fraction of sp³-hybridized carbons (Fsp3) is 0.200. The lowest BCUT2D eigenvalue weighted by molar-refractivity contribution is 0.0966. The topological polar surface area (TPSA) is 39.2 Å². The molecule has 1 unspecified atom stereocenters. The van der Waals surface area contributed by atoms with Gasteiger partial charge >= 0.3 is 0 Å². The van der Waals surface area contributed by atoms with Crippen LogP contribution < -0.4 is 4.74 Å². The lowest BCUT2D eigenvalue weighted by Crippen LogP contribution is -2.10. The molecule has 1 atom stereocenters. The molecule has 0 fully saturated rings. The van der Waals surface area contributed by atoms with Crippen LogP contribution in [0.4, 0.5) is 0 Å². The molecule has 104 valence electrons. The van der Waals surface area contributed by atoms with Gasteiger partial charge in [-0.3, -0.25) is 4.79 Å². The summed E-state index contributed by atoms with van der Waals surface area (Å²) in [4.78, 5) is 16.3. The number of aromatic nitrogens is 1. The molecule has 0 aliphatic carbocycles. The van der Waals surface area contributed by atoms with Crippen molar-refractivity contribution in [3.8, 4) is 5.75 Å². The number of hydrogen-bond acceptors (Lipinski definition) is 3. The number of hydrogen-bond donors (Lipinski definition) is 0. The second-order valence-electron chi connectivity index (χ2n) is 4.34. The Morgan fingerprint density at radius 1 is 1.25 bits per heavy atom. The Hall–Kier alpha value is -1.58. The molecule has 0 saturated heterocycles. The summed E-state index contributed by atoms with van der Waals surface area (Å²) in [5.74, 6) is 0.206. The zero-order chi connectivity index (χ0) is 14.7. The first-order chi connectivity index (χ1) is 9.52. The summed E-state index contributed by atoms with van der Waals surface area (Å²) < 4.78 is 5.16. The Labute approximate surface area is 127 Å². The molecule has 0 aliphatic rings. The number of carbonyl (C=O) groups excluding carboxylic acids is 1. The van der Waals surface area contributed by atoms with Crippen LogP contribution in [0.1, 0.15) is 28.8 Å². The molecule has 0 amide bonds. The van der Waals surface area contributed by atoms with Gasteiger partial charge in [-0.2, -0.15) is 0 Å². The number of ketones is 1. The number of Topliss-reactive ketones (excluding diaryl/α,β-unsaturated/α-hetero) is 1. The Bertz CT molecular complexity index is 644. The number of rotatable bonds is 4. The molecule has 3 nitrogen and oxygen atoms in total. The summed E-state index contributed by atoms with van der Waals surface area (Å²) in [6.07, 6.45) is 1.51. The zero-order valence-corrected chi connectivity index (χ0v) is 12.6. The smallest absolute Gasteiger partial charge is 0.170 e. The Morgan fingerprint density at radius 3 is 2.65 bits per heavy atom. The van der Waals surface area contributed by atoms with Gasteiger partial charge in [0.1, 0.15) is 10.9 Å². The van der Waals surface area contributed by atoms with Gasteiger partial charge in [-0.1, -0.05) is 30.1 Å². The first-order valence-corrected chi connectivity index (χ1v) is 6.77. The van der Waals surface area contributed by atoms with Crippen molar-refractivity contribution in [2.24, 2.45) is 0 Å². The summed E-state index contributed by atoms with van der Waals surface area (Å²) in [5.41, 5.74) is 1.24. The molecule has 2 rings (SSSR count). The van der Waals surface area contributed by atoms with Crippen LogP contribution >= 0.6 is 23.2 Å². The molecule has 5 heteroatoms. The van der Waals surface area contributed by atoms with E-state index in [9.17, 15) is 4.79 Å². The number of ether oxygens (including phenoxy) is 1. The van der Waals surface area contributed by atoms with Gasteiger partial charge in [-0.15, -0.1) is 0 Å². The number of benzene rings is 1. The predicted molar refractivity (Wildman–Crippen MR) is 80.0 cm³/mol. The molecule has 0 aliphatic heterocycles. The first-order valence-electron chi connectivity index (χ1n) is 6.02. The number of pyridine rings is 1. The maximum absolute atomic E-state index is 12.5. The van der Waals surface area contributed by atoms with E-state index in [1.54, 1.807) is 44.4 Å². The van der Waals surface area contributed by atoms with Crippen LogP contribution in [-0.2, 0) is 0 Å². The fourth-order valence-electron chi connectivity index (χ4n) is 1.93. The van der Waals surface area contributed by atoms with Gasteiger partial charge in [0.15, 0.2) is 5.78 Å². The normalized spacial score (nSPS) is 12.0. The van der Waals surface area contributed by atoms with Crippen LogP contribution in [-0.4, -0.2) is 17.9 Å². The fourth-order valence-corrected chi connectivity index (χ4v) is 2.38. The van der Waals surface area contributed by atoms with Gasteiger partial charge in [0.05, 0.1) is 7.11 Å². The third kappa shape index (κ3) is 3.11. The second kappa shape index (κ2) is 6.25. The summed E-state index contributed by atoms with van der Waals surface area (Å²) in [5, 5.41) is 0.826. The molecule has 1 aromatic heterocycles. The van der Waals surface area contributed by atoms with E-state index >= 15 is 0 Å². The predicted octanol–water partition coefficient (Wildman–Crippen LogP) is 4.38. The van der Waals surface area contributed by atoms with Crippen molar-refractivity contribution >= 4 is 29.0 Å². The Kier molecular flexibility index (Phi) is 4.63. The standard InChI is InChI=1S/C15H13Cl2NO2/c1-9(12-8-11(20-2)3-4-13(12)16)15(19)10-5-6-18-14(17)7-10/h3-9H,1-2H3. The van der Waals surface area contributed by atoms with Gasteiger partial charge in [-0.05, 0) is 35.9 Å². The van der Waals surface area contributed by atoms with Gasteiger partial charge < -0.3 is 4.74 Å². The molecule has 0 spiro atoms. The van der Waals surface area contributed by atoms with Crippen molar-refractivity contribution < 1.29 is 9.53 Å². The summed E-state index contributed by atoms with van der Waals surface area (Å²) in [7, 11) is 1.57. The van der Waals surface area contributed by atoms with Gasteiger partial charge in [0, 0.05) is 22.7 Å². The van der Waals surface area contributed by atoms with E-state index < -0.39 is 5.92 Å². The number of methoxy groups -OCH3 is 1. The monoisotopic (exact) mass is 309 g/mol. The molecule has 0 bridgehead atoms. The number of halogens is 2. The lowest BCUT2D eigenvalue weighted by atomic mass is 9.92. The lowest BCUT2D eigenvalue weighted by Gasteiger charge is -2.14. The average molecular weight is 310 g/mol. The molecule has 1 heterocycles. The van der Waals surface area contributed by atoms with Crippen LogP contribution in [0.3, 0.4) is 0 Å². The molecule has 0 saturated carbocycles. The zero-order valence-electron chi connectivity index (χ0n) is 11.1. The highest BCUT2D eigenvalue weighted by Crippen LogP contribution is 2.30. The van der Waals surface area contributed by atoms with Crippen molar-refractivity contribution in [2.45, 2.75) is 12.8 Å². The third-order valence-corrected chi connectivity index (χ3v) is 3.62. The number of carbonyl (C=O) groups is 1. The van der Waals surface area contributed by atoms with E-state index in [0.29, 0.717) is 21.5 Å². The van der Waals surface area contributed by atoms with Crippen LogP contribution in [0.5, 0.6) is 5.75 Å². The Balaban J connectivity index is 2.35. The van der Waals surface area contributed by atoms with Gasteiger partial charge in [0.2, 0.25) is 0 Å². The Morgan fingerprint density at radius 2 is 2.00 bits per heavy atom. The maximum atomic E-state index is 12.5. The molecule has 0 radical (unpaired) electrons. The van der Waals surface area contributed by atoms with Crippen LogP contribution in [0.2, 0.25) is 10.2 Å². The van der Waals surface area contributed by atoms with E-state index in [-0.39, 0.29) is 5.78 Å². The van der Waals surface area contributed by atoms with Crippen molar-refractivity contribution in [3.05, 3.63) is 57.8 Å². The highest BCUT2D eigenvalue weighted by Gasteiger charge is 2.20. The van der Waals surface area contributed by atoms with E-state index in [0.717, 1.165) is 5.56 Å². The summed E-state index contributed by atoms with van der Waals surface area (Å²) >= 11 is 12.0. The minimum absolute atomic E-state index is 0.0653. The van der Waals surface area contributed by atoms with Crippen molar-refractivity contribution in [1.29, 1.82) is 0 Å². The third-order valence-electron chi connectivity index (χ3n) is 3.07. The van der Waals surface area contributed by atoms with Crippen LogP contribution in [0, 0.1) is 0 Å². The van der Waals surface area contributed by atoms with E-state index in [1.807, 2.05) is 0 Å². The highest BCUT2D eigenvalue weighted by molar-refractivity contribution is 6.32. The van der Waals surface area contributed by atoms with Crippen molar-refractivity contribution in [3.63, 3.8) is 0 Å². The van der Waals surface area contributed by atoms with E-state index in [2.05, 4.69) is 4.98 Å². The minimum Gasteiger partial charge on any atom is -0.497 e. The van der Waals surface area contributed by atoms with E-state index in [1.165, 1.54) is 6.20 Å². The summed E-state index contributed by atoms with van der Waals surface area (Å²) in [6.45, 7) is 1.80. The van der Waals surface area contributed by atoms with Gasteiger partial charge in [0.25, 0.3) is 0 Å². The molecule has 20 heavy (non-hydrogen) atoms. The first kappa shape index (κ1) is 14.8. The molecule has 1 aromatic carbocycles. The SMILES string of the molecule is COc1ccc(Cl)c(C(C)C(=O)c2ccnc(Cl)c2)c1. The molecule has 0 N–H and O–H groups in total. The van der Waals surface area contributed by atoms with Crippen LogP contribution in [0.25, 0.3) is 0 Å². The van der Waals surface area contributed by atoms with Crippen molar-refractivity contribution in [1.82, 2.24) is 4.98 Å². The maximum Gasteiger partial charge on any atom is 0.170 e. The molecule has 2 aromatic rings. The number of nitrogens with zero attached hydrogens (tertiary/aromatic N) is 1. The summed E-state index contributed by atoms with van der Waals surface area (Å²) in [6, 6.07) is 8.44. The average Bonchev–Trinajstić information content (AvgIpc) is 2.46. The molecular weight excluding hydrogens is 297 g/mol. The van der Waals surface area contributed by atoms with Crippen LogP contribution in [0.15, 0.2) is 36.5 Å². The largest absolute Gasteiger partial charge is 0.497 e. The van der Waals surface area contributed by atoms with Crippen molar-refractivity contribution in [2.75, 3.05) is 7.11 Å². The quantitative estimate of drug-likeness (QED) is 0.621. The van der Waals surface area contributed by atoms with Gasteiger partial charge in [-0.25, -0.2) is 4.98 Å². The minimum atomic E-state index is -0.393. The van der Waals surface area contributed by atoms with E-state index in [4.69, 9.17) is 27.9 Å². The second-order valence-corrected chi connectivity index (χ2v) is 5.14. The highest BCUT2D eigenvalue weighted by atomic mass is 35.5. The molecular formula is C15H13Cl2NO2.